The van der Waals surface area contributed by atoms with E-state index in [1.165, 1.54) is 0 Å². The van der Waals surface area contributed by atoms with Crippen molar-refractivity contribution in [3.63, 3.8) is 0 Å². The van der Waals surface area contributed by atoms with Crippen molar-refractivity contribution in [1.29, 1.82) is 5.26 Å². The summed E-state index contributed by atoms with van der Waals surface area (Å²) in [6, 6.07) is 8.59. The Bertz CT molecular complexity index is 416. The Morgan fingerprint density at radius 3 is 2.81 bits per heavy atom. The van der Waals surface area contributed by atoms with Gasteiger partial charge in [0.1, 0.15) is 6.07 Å². The van der Waals surface area contributed by atoms with Crippen molar-refractivity contribution in [3.05, 3.63) is 29.3 Å². The Morgan fingerprint density at radius 2 is 2.19 bits per heavy atom. The van der Waals surface area contributed by atoms with E-state index in [0.717, 1.165) is 29.7 Å². The molecule has 0 aliphatic heterocycles. The van der Waals surface area contributed by atoms with Gasteiger partial charge in [0.25, 0.3) is 0 Å². The quantitative estimate of drug-likeness (QED) is 0.844. The van der Waals surface area contributed by atoms with Crippen molar-refractivity contribution in [2.75, 3.05) is 12.4 Å². The third-order valence-electron chi connectivity index (χ3n) is 3.17. The predicted molar refractivity (Wildman–Crippen MR) is 63.3 cm³/mol. The van der Waals surface area contributed by atoms with Crippen LogP contribution >= 0.6 is 0 Å². The maximum Gasteiger partial charge on any atom is 0.102 e. The molecule has 3 nitrogen and oxygen atoms in total. The van der Waals surface area contributed by atoms with Crippen LogP contribution in [0.1, 0.15) is 24.0 Å². The second kappa shape index (κ2) is 4.54. The van der Waals surface area contributed by atoms with Crippen LogP contribution in [-0.2, 0) is 4.74 Å². The molecule has 2 rings (SSSR count). The molecule has 16 heavy (non-hydrogen) atoms. The van der Waals surface area contributed by atoms with Crippen molar-refractivity contribution < 1.29 is 4.74 Å². The van der Waals surface area contributed by atoms with E-state index in [-0.39, 0.29) is 0 Å². The van der Waals surface area contributed by atoms with Gasteiger partial charge in [-0.15, -0.1) is 0 Å². The molecule has 1 aromatic carbocycles. The Balaban J connectivity index is 2.06. The van der Waals surface area contributed by atoms with Gasteiger partial charge < -0.3 is 10.1 Å². The minimum absolute atomic E-state index is 0.382. The molecule has 0 radical (unpaired) electrons. The number of nitrogens with zero attached hydrogens (tertiary/aromatic N) is 1. The van der Waals surface area contributed by atoms with Gasteiger partial charge in [-0.05, 0) is 31.4 Å². The Labute approximate surface area is 96.0 Å². The lowest BCUT2D eigenvalue weighted by Crippen LogP contribution is -2.40. The number of hydrogen-bond acceptors (Lipinski definition) is 3. The van der Waals surface area contributed by atoms with Gasteiger partial charge in [0, 0.05) is 13.2 Å². The first-order valence-corrected chi connectivity index (χ1v) is 5.53. The first kappa shape index (κ1) is 11.0. The van der Waals surface area contributed by atoms with Crippen LogP contribution in [0.2, 0.25) is 0 Å². The molecule has 0 aromatic heterocycles. The van der Waals surface area contributed by atoms with E-state index in [2.05, 4.69) is 11.4 Å². The first-order valence-electron chi connectivity index (χ1n) is 5.53. The molecule has 0 saturated heterocycles. The maximum atomic E-state index is 9.09. The molecule has 1 aliphatic rings. The fourth-order valence-electron chi connectivity index (χ4n) is 2.03. The number of aryl methyl sites for hydroxylation is 1. The summed E-state index contributed by atoms with van der Waals surface area (Å²) in [5, 5.41) is 12.5. The van der Waals surface area contributed by atoms with E-state index in [9.17, 15) is 0 Å². The van der Waals surface area contributed by atoms with Crippen LogP contribution < -0.4 is 5.32 Å². The van der Waals surface area contributed by atoms with E-state index >= 15 is 0 Å². The van der Waals surface area contributed by atoms with Crippen molar-refractivity contribution in [2.45, 2.75) is 31.9 Å². The summed E-state index contributed by atoms with van der Waals surface area (Å²) >= 11 is 0. The van der Waals surface area contributed by atoms with Crippen molar-refractivity contribution in [2.24, 2.45) is 0 Å². The average molecular weight is 216 g/mol. The van der Waals surface area contributed by atoms with Gasteiger partial charge in [0.2, 0.25) is 0 Å². The van der Waals surface area contributed by atoms with E-state index in [1.807, 2.05) is 25.1 Å². The molecule has 1 saturated carbocycles. The van der Waals surface area contributed by atoms with Crippen LogP contribution in [0.25, 0.3) is 0 Å². The Morgan fingerprint density at radius 1 is 1.44 bits per heavy atom. The zero-order valence-electron chi connectivity index (χ0n) is 9.66. The first-order chi connectivity index (χ1) is 7.74. The fraction of sp³-hybridized carbons (Fsp3) is 0.462. The molecule has 84 valence electrons. The molecule has 0 atom stereocenters. The second-order valence-corrected chi connectivity index (χ2v) is 4.28. The molecule has 0 heterocycles. The fourth-order valence-corrected chi connectivity index (χ4v) is 2.03. The molecule has 1 aromatic rings. The third-order valence-corrected chi connectivity index (χ3v) is 3.17. The summed E-state index contributed by atoms with van der Waals surface area (Å²) in [6.45, 7) is 1.96. The molecule has 1 aliphatic carbocycles. The van der Waals surface area contributed by atoms with Gasteiger partial charge in [0.15, 0.2) is 0 Å². The van der Waals surface area contributed by atoms with Gasteiger partial charge in [-0.1, -0.05) is 12.1 Å². The van der Waals surface area contributed by atoms with Gasteiger partial charge in [-0.2, -0.15) is 5.26 Å². The Hall–Kier alpha value is -1.53. The van der Waals surface area contributed by atoms with E-state index in [0.29, 0.717) is 12.1 Å². The summed E-state index contributed by atoms with van der Waals surface area (Å²) in [4.78, 5) is 0. The van der Waals surface area contributed by atoms with E-state index < -0.39 is 0 Å². The smallest absolute Gasteiger partial charge is 0.102 e. The third kappa shape index (κ3) is 2.02. The standard InChI is InChI=1S/C13H16N2O/c1-9-4-3-5-13(12(9)8-14)15-10-6-11(7-10)16-2/h3-5,10-11,15H,6-7H2,1-2H3. The zero-order chi connectivity index (χ0) is 11.5. The zero-order valence-corrected chi connectivity index (χ0v) is 9.66. The summed E-state index contributed by atoms with van der Waals surface area (Å²) in [7, 11) is 1.74. The van der Waals surface area contributed by atoms with Gasteiger partial charge in [-0.3, -0.25) is 0 Å². The molecule has 1 N–H and O–H groups in total. The highest BCUT2D eigenvalue weighted by Crippen LogP contribution is 2.28. The number of hydrogen-bond donors (Lipinski definition) is 1. The van der Waals surface area contributed by atoms with Crippen molar-refractivity contribution in [3.8, 4) is 6.07 Å². The Kier molecular flexibility index (Phi) is 3.12. The van der Waals surface area contributed by atoms with Crippen molar-refractivity contribution in [1.82, 2.24) is 0 Å². The lowest BCUT2D eigenvalue weighted by Gasteiger charge is -2.35. The van der Waals surface area contributed by atoms with E-state index in [1.54, 1.807) is 7.11 Å². The van der Waals surface area contributed by atoms with Crippen LogP contribution in [0, 0.1) is 18.3 Å². The van der Waals surface area contributed by atoms with Crippen LogP contribution in [0.4, 0.5) is 5.69 Å². The lowest BCUT2D eigenvalue weighted by molar-refractivity contribution is 0.0328. The highest BCUT2D eigenvalue weighted by molar-refractivity contribution is 5.61. The highest BCUT2D eigenvalue weighted by atomic mass is 16.5. The minimum atomic E-state index is 0.382. The number of ether oxygens (including phenoxy) is 1. The monoisotopic (exact) mass is 216 g/mol. The number of nitrogens with one attached hydrogen (secondary N) is 1. The van der Waals surface area contributed by atoms with Crippen molar-refractivity contribution >= 4 is 5.69 Å². The lowest BCUT2D eigenvalue weighted by atomic mass is 9.88. The van der Waals surface area contributed by atoms with Gasteiger partial charge in [0.05, 0.1) is 17.4 Å². The molecule has 0 unspecified atom stereocenters. The average Bonchev–Trinajstić information content (AvgIpc) is 2.23. The summed E-state index contributed by atoms with van der Waals surface area (Å²) in [6.07, 6.45) is 2.43. The molecule has 0 spiro atoms. The molecular weight excluding hydrogens is 200 g/mol. The van der Waals surface area contributed by atoms with Crippen LogP contribution in [0.15, 0.2) is 18.2 Å². The number of methoxy groups -OCH3 is 1. The largest absolute Gasteiger partial charge is 0.381 e. The highest BCUT2D eigenvalue weighted by Gasteiger charge is 2.29. The molecule has 0 bridgehead atoms. The number of nitriles is 1. The predicted octanol–water partition coefficient (Wildman–Crippen LogP) is 2.46. The summed E-state index contributed by atoms with van der Waals surface area (Å²) in [5.74, 6) is 0. The maximum absolute atomic E-state index is 9.09. The van der Waals surface area contributed by atoms with Gasteiger partial charge in [-0.25, -0.2) is 0 Å². The normalized spacial score (nSPS) is 23.3. The number of benzene rings is 1. The molecule has 0 amide bonds. The van der Waals surface area contributed by atoms with Gasteiger partial charge >= 0.3 is 0 Å². The number of rotatable bonds is 3. The second-order valence-electron chi connectivity index (χ2n) is 4.28. The molecule has 3 heteroatoms. The summed E-state index contributed by atoms with van der Waals surface area (Å²) < 4.78 is 5.23. The minimum Gasteiger partial charge on any atom is -0.381 e. The SMILES string of the molecule is COC1CC(Nc2cccc(C)c2C#N)C1. The molecule has 1 fully saturated rings. The van der Waals surface area contributed by atoms with Crippen LogP contribution in [0.3, 0.4) is 0 Å². The number of anilines is 1. The van der Waals surface area contributed by atoms with E-state index in [4.69, 9.17) is 10.00 Å². The molecular formula is C13H16N2O. The van der Waals surface area contributed by atoms with Crippen LogP contribution in [-0.4, -0.2) is 19.3 Å². The topological polar surface area (TPSA) is 45.0 Å². The van der Waals surface area contributed by atoms with Crippen LogP contribution in [0.5, 0.6) is 0 Å². The summed E-state index contributed by atoms with van der Waals surface area (Å²) in [5.41, 5.74) is 2.72.